The summed E-state index contributed by atoms with van der Waals surface area (Å²) in [6.45, 7) is 1.70. The highest BCUT2D eigenvalue weighted by Gasteiger charge is 2.09. The Morgan fingerprint density at radius 1 is 1.24 bits per heavy atom. The van der Waals surface area contributed by atoms with Crippen LogP contribution in [0.5, 0.6) is 11.5 Å². The standard InChI is InChI=1S/C16H15NO4/c1-10-12(16(19)20)6-4-7-13(10)17-9-11-5-3-8-14(21-2)15(11)18/h3-9,18H,1-2H3,(H,19,20). The number of carboxylic acids is 1. The Kier molecular flexibility index (Phi) is 4.23. The first-order chi connectivity index (χ1) is 10.0. The van der Waals surface area contributed by atoms with E-state index in [0.717, 1.165) is 0 Å². The number of phenols is 1. The number of nitrogens with zero attached hydrogens (tertiary/aromatic N) is 1. The predicted octanol–water partition coefficient (Wildman–Crippen LogP) is 3.16. The van der Waals surface area contributed by atoms with E-state index in [0.29, 0.717) is 22.6 Å². The van der Waals surface area contributed by atoms with Crippen LogP contribution in [0.15, 0.2) is 41.4 Å². The molecule has 5 heteroatoms. The molecule has 21 heavy (non-hydrogen) atoms. The van der Waals surface area contributed by atoms with Gasteiger partial charge in [-0.15, -0.1) is 0 Å². The SMILES string of the molecule is COc1cccc(C=Nc2cccc(C(=O)O)c2C)c1O. The van der Waals surface area contributed by atoms with E-state index >= 15 is 0 Å². The number of aromatic carboxylic acids is 1. The molecule has 0 aliphatic carbocycles. The van der Waals surface area contributed by atoms with Crippen molar-refractivity contribution < 1.29 is 19.7 Å². The Morgan fingerprint density at radius 2 is 1.95 bits per heavy atom. The molecule has 0 saturated carbocycles. The molecule has 0 aliphatic rings. The van der Waals surface area contributed by atoms with Crippen molar-refractivity contribution in [1.82, 2.24) is 0 Å². The van der Waals surface area contributed by atoms with Gasteiger partial charge in [-0.2, -0.15) is 0 Å². The predicted molar refractivity (Wildman–Crippen MR) is 80.1 cm³/mol. The van der Waals surface area contributed by atoms with Crippen LogP contribution in [0.3, 0.4) is 0 Å². The Balaban J connectivity index is 2.39. The van der Waals surface area contributed by atoms with E-state index in [-0.39, 0.29) is 11.3 Å². The number of benzene rings is 2. The van der Waals surface area contributed by atoms with Crippen molar-refractivity contribution >= 4 is 17.9 Å². The summed E-state index contributed by atoms with van der Waals surface area (Å²) in [6.07, 6.45) is 1.48. The van der Waals surface area contributed by atoms with E-state index < -0.39 is 5.97 Å². The molecule has 2 rings (SSSR count). The number of carboxylic acid groups (broad SMARTS) is 1. The van der Waals surface area contributed by atoms with Crippen LogP contribution in [0.25, 0.3) is 0 Å². The number of carbonyl (C=O) groups is 1. The van der Waals surface area contributed by atoms with Gasteiger partial charge in [-0.25, -0.2) is 4.79 Å². The van der Waals surface area contributed by atoms with Crippen LogP contribution in [0.1, 0.15) is 21.5 Å². The number of aromatic hydroxyl groups is 1. The summed E-state index contributed by atoms with van der Waals surface area (Å²) in [4.78, 5) is 15.3. The third-order valence-electron chi connectivity index (χ3n) is 3.13. The third kappa shape index (κ3) is 3.02. The summed E-state index contributed by atoms with van der Waals surface area (Å²) < 4.78 is 5.02. The van der Waals surface area contributed by atoms with Crippen LogP contribution in [-0.4, -0.2) is 29.5 Å². The van der Waals surface area contributed by atoms with E-state index in [1.165, 1.54) is 19.4 Å². The van der Waals surface area contributed by atoms with E-state index in [1.807, 2.05) is 0 Å². The van der Waals surface area contributed by atoms with Crippen LogP contribution < -0.4 is 4.74 Å². The van der Waals surface area contributed by atoms with Crippen LogP contribution in [-0.2, 0) is 0 Å². The number of rotatable bonds is 4. The molecule has 0 saturated heterocycles. The minimum absolute atomic E-state index is 0.00390. The summed E-state index contributed by atoms with van der Waals surface area (Å²) in [5.74, 6) is -0.639. The first kappa shape index (κ1) is 14.6. The smallest absolute Gasteiger partial charge is 0.336 e. The number of hydrogen-bond acceptors (Lipinski definition) is 4. The van der Waals surface area contributed by atoms with Crippen molar-refractivity contribution in [2.24, 2.45) is 4.99 Å². The summed E-state index contributed by atoms with van der Waals surface area (Å²) in [7, 11) is 1.47. The van der Waals surface area contributed by atoms with Gasteiger partial charge in [-0.05, 0) is 36.8 Å². The zero-order valence-corrected chi connectivity index (χ0v) is 11.7. The number of aliphatic imine (C=N–C) groups is 1. The second kappa shape index (κ2) is 6.09. The largest absolute Gasteiger partial charge is 0.504 e. The Labute approximate surface area is 122 Å². The van der Waals surface area contributed by atoms with Gasteiger partial charge in [0, 0.05) is 11.8 Å². The summed E-state index contributed by atoms with van der Waals surface area (Å²) in [6, 6.07) is 9.95. The molecule has 2 aromatic carbocycles. The summed E-state index contributed by atoms with van der Waals surface area (Å²) in [5.41, 5.74) is 1.81. The second-order valence-electron chi connectivity index (χ2n) is 4.41. The van der Waals surface area contributed by atoms with E-state index in [2.05, 4.69) is 4.99 Å². The molecule has 0 aliphatic heterocycles. The second-order valence-corrected chi connectivity index (χ2v) is 4.41. The Bertz CT molecular complexity index is 707. The van der Waals surface area contributed by atoms with Gasteiger partial charge >= 0.3 is 5.97 Å². The molecule has 0 radical (unpaired) electrons. The van der Waals surface area contributed by atoms with Gasteiger partial charge < -0.3 is 14.9 Å². The average Bonchev–Trinajstić information content (AvgIpc) is 2.47. The van der Waals surface area contributed by atoms with Gasteiger partial charge in [0.1, 0.15) is 0 Å². The lowest BCUT2D eigenvalue weighted by molar-refractivity contribution is 0.0696. The van der Waals surface area contributed by atoms with Gasteiger partial charge in [0.25, 0.3) is 0 Å². The minimum Gasteiger partial charge on any atom is -0.504 e. The van der Waals surface area contributed by atoms with Crippen LogP contribution in [0.4, 0.5) is 5.69 Å². The van der Waals surface area contributed by atoms with E-state index in [4.69, 9.17) is 9.84 Å². The third-order valence-corrected chi connectivity index (χ3v) is 3.13. The van der Waals surface area contributed by atoms with Gasteiger partial charge in [0.05, 0.1) is 18.4 Å². The van der Waals surface area contributed by atoms with Crippen molar-refractivity contribution in [2.75, 3.05) is 7.11 Å². The maximum atomic E-state index is 11.1. The van der Waals surface area contributed by atoms with Gasteiger partial charge in [-0.3, -0.25) is 4.99 Å². The monoisotopic (exact) mass is 285 g/mol. The average molecular weight is 285 g/mol. The van der Waals surface area contributed by atoms with E-state index in [1.54, 1.807) is 37.3 Å². The molecule has 0 bridgehead atoms. The van der Waals surface area contributed by atoms with Crippen molar-refractivity contribution in [3.63, 3.8) is 0 Å². The first-order valence-corrected chi connectivity index (χ1v) is 6.27. The number of ether oxygens (including phenoxy) is 1. The Hall–Kier alpha value is -2.82. The molecule has 0 fully saturated rings. The summed E-state index contributed by atoms with van der Waals surface area (Å²) >= 11 is 0. The number of methoxy groups -OCH3 is 1. The lowest BCUT2D eigenvalue weighted by atomic mass is 10.1. The summed E-state index contributed by atoms with van der Waals surface area (Å²) in [5, 5.41) is 19.0. The fraction of sp³-hybridized carbons (Fsp3) is 0.125. The molecular weight excluding hydrogens is 270 g/mol. The van der Waals surface area contributed by atoms with Gasteiger partial charge in [-0.1, -0.05) is 12.1 Å². The number of para-hydroxylation sites is 1. The number of hydrogen-bond donors (Lipinski definition) is 2. The highest BCUT2D eigenvalue weighted by molar-refractivity contribution is 5.92. The van der Waals surface area contributed by atoms with Crippen molar-refractivity contribution in [3.8, 4) is 11.5 Å². The first-order valence-electron chi connectivity index (χ1n) is 6.27. The lowest BCUT2D eigenvalue weighted by Crippen LogP contribution is -1.99. The molecular formula is C16H15NO4. The Morgan fingerprint density at radius 3 is 2.62 bits per heavy atom. The maximum Gasteiger partial charge on any atom is 0.336 e. The van der Waals surface area contributed by atoms with Crippen LogP contribution in [0.2, 0.25) is 0 Å². The molecule has 2 N–H and O–H groups in total. The fourth-order valence-electron chi connectivity index (χ4n) is 1.94. The molecule has 0 amide bonds. The highest BCUT2D eigenvalue weighted by Crippen LogP contribution is 2.29. The maximum absolute atomic E-state index is 11.1. The van der Waals surface area contributed by atoms with Gasteiger partial charge in [0.15, 0.2) is 11.5 Å². The normalized spacial score (nSPS) is 10.8. The molecule has 0 spiro atoms. The quantitative estimate of drug-likeness (QED) is 0.846. The molecule has 0 heterocycles. The van der Waals surface area contributed by atoms with E-state index in [9.17, 15) is 9.90 Å². The molecule has 0 aromatic heterocycles. The molecule has 5 nitrogen and oxygen atoms in total. The van der Waals surface area contributed by atoms with Crippen LogP contribution in [0, 0.1) is 6.92 Å². The lowest BCUT2D eigenvalue weighted by Gasteiger charge is -2.06. The zero-order valence-electron chi connectivity index (χ0n) is 11.7. The molecule has 0 unspecified atom stereocenters. The fourth-order valence-corrected chi connectivity index (χ4v) is 1.94. The highest BCUT2D eigenvalue weighted by atomic mass is 16.5. The van der Waals surface area contributed by atoms with Crippen molar-refractivity contribution in [3.05, 3.63) is 53.1 Å². The van der Waals surface area contributed by atoms with Crippen LogP contribution >= 0.6 is 0 Å². The molecule has 2 aromatic rings. The zero-order chi connectivity index (χ0) is 15.4. The van der Waals surface area contributed by atoms with Crippen molar-refractivity contribution in [1.29, 1.82) is 0 Å². The van der Waals surface area contributed by atoms with Gasteiger partial charge in [0.2, 0.25) is 0 Å². The minimum atomic E-state index is -0.992. The van der Waals surface area contributed by atoms with Crippen molar-refractivity contribution in [2.45, 2.75) is 6.92 Å². The molecule has 0 atom stereocenters. The topological polar surface area (TPSA) is 79.1 Å². The molecule has 108 valence electrons. The number of phenolic OH excluding ortho intramolecular Hbond substituents is 1.